The third-order valence-electron chi connectivity index (χ3n) is 5.84. The number of nitrogens with one attached hydrogen (secondary N) is 2. The fraction of sp³-hybridized carbons (Fsp3) is 0.917. The molecule has 28 heavy (non-hydrogen) atoms. The number of unbranched alkanes of at least 4 members (excludes halogenated alkanes) is 12. The molecule has 0 saturated carbocycles. The largest absolute Gasteiger partial charge is 0.352 e. The zero-order valence-electron chi connectivity index (χ0n) is 19.3. The van der Waals surface area contributed by atoms with E-state index in [1.54, 1.807) is 0 Å². The Bertz CT molecular complexity index is 385. The van der Waals surface area contributed by atoms with E-state index < -0.39 is 0 Å². The van der Waals surface area contributed by atoms with Crippen molar-refractivity contribution in [1.82, 2.24) is 10.6 Å². The molecule has 0 saturated heterocycles. The van der Waals surface area contributed by atoms with Crippen LogP contribution in [-0.2, 0) is 9.59 Å². The van der Waals surface area contributed by atoms with Crippen LogP contribution < -0.4 is 10.6 Å². The molecule has 0 aliphatic rings. The maximum Gasteiger partial charge on any atom is 0.239 e. The van der Waals surface area contributed by atoms with Gasteiger partial charge in [-0.1, -0.05) is 104 Å². The zero-order chi connectivity index (χ0) is 21.0. The van der Waals surface area contributed by atoms with Gasteiger partial charge in [-0.05, 0) is 19.3 Å². The minimum Gasteiger partial charge on any atom is -0.352 e. The van der Waals surface area contributed by atoms with Crippen molar-refractivity contribution < 1.29 is 9.59 Å². The van der Waals surface area contributed by atoms with Gasteiger partial charge >= 0.3 is 0 Å². The van der Waals surface area contributed by atoms with Crippen molar-refractivity contribution in [1.29, 1.82) is 0 Å². The first kappa shape index (κ1) is 26.9. The summed E-state index contributed by atoms with van der Waals surface area (Å²) < 4.78 is 0. The highest BCUT2D eigenvalue weighted by atomic mass is 16.2. The molecule has 2 N–H and O–H groups in total. The highest BCUT2D eigenvalue weighted by Gasteiger charge is 2.13. The van der Waals surface area contributed by atoms with Crippen molar-refractivity contribution in [3.8, 4) is 0 Å². The lowest BCUT2D eigenvalue weighted by atomic mass is 10.0. The first-order valence-corrected chi connectivity index (χ1v) is 12.1. The average molecular weight is 397 g/mol. The molecule has 0 aromatic heterocycles. The monoisotopic (exact) mass is 396 g/mol. The second-order valence-electron chi connectivity index (χ2n) is 8.51. The Balaban J connectivity index is 3.40. The van der Waals surface area contributed by atoms with Gasteiger partial charge in [0.25, 0.3) is 0 Å². The summed E-state index contributed by atoms with van der Waals surface area (Å²) in [6.07, 6.45) is 18.5. The molecule has 2 amide bonds. The van der Waals surface area contributed by atoms with Gasteiger partial charge in [0.15, 0.2) is 0 Å². The summed E-state index contributed by atoms with van der Waals surface area (Å²) >= 11 is 0. The van der Waals surface area contributed by atoms with Gasteiger partial charge in [0.05, 0.1) is 6.54 Å². The Morgan fingerprint density at radius 1 is 0.679 bits per heavy atom. The summed E-state index contributed by atoms with van der Waals surface area (Å²) in [7, 11) is 0. The number of hydrogen-bond donors (Lipinski definition) is 2. The summed E-state index contributed by atoms with van der Waals surface area (Å²) in [6.45, 7) is 8.61. The molecule has 166 valence electrons. The van der Waals surface area contributed by atoms with Gasteiger partial charge in [0.1, 0.15) is 0 Å². The Kier molecular flexibility index (Phi) is 18.5. The van der Waals surface area contributed by atoms with Crippen LogP contribution in [0.3, 0.4) is 0 Å². The smallest absolute Gasteiger partial charge is 0.239 e. The minimum absolute atomic E-state index is 0.00517. The molecule has 4 heteroatoms. The third kappa shape index (κ3) is 17.1. The first-order valence-electron chi connectivity index (χ1n) is 12.1. The van der Waals surface area contributed by atoms with Crippen molar-refractivity contribution in [3.05, 3.63) is 0 Å². The quantitative estimate of drug-likeness (QED) is 0.258. The van der Waals surface area contributed by atoms with Crippen LogP contribution in [0.15, 0.2) is 0 Å². The molecule has 0 aliphatic heterocycles. The van der Waals surface area contributed by atoms with Crippen molar-refractivity contribution in [2.45, 2.75) is 130 Å². The lowest BCUT2D eigenvalue weighted by molar-refractivity contribution is -0.126. The maximum absolute atomic E-state index is 11.8. The van der Waals surface area contributed by atoms with Crippen molar-refractivity contribution in [3.63, 3.8) is 0 Å². The molecule has 2 unspecified atom stereocenters. The lowest BCUT2D eigenvalue weighted by Crippen LogP contribution is -2.43. The highest BCUT2D eigenvalue weighted by molar-refractivity contribution is 5.84. The summed E-state index contributed by atoms with van der Waals surface area (Å²) in [5.41, 5.74) is 0. The van der Waals surface area contributed by atoms with Gasteiger partial charge in [-0.2, -0.15) is 0 Å². The fourth-order valence-corrected chi connectivity index (χ4v) is 3.37. The molecule has 0 aromatic rings. The van der Waals surface area contributed by atoms with Crippen LogP contribution in [0.25, 0.3) is 0 Å². The van der Waals surface area contributed by atoms with E-state index in [1.165, 1.54) is 70.6 Å². The average Bonchev–Trinajstić information content (AvgIpc) is 2.69. The predicted octanol–water partition coefficient (Wildman–Crippen LogP) is 6.13. The summed E-state index contributed by atoms with van der Waals surface area (Å²) in [4.78, 5) is 23.7. The summed E-state index contributed by atoms with van der Waals surface area (Å²) in [5.74, 6) is 0.353. The zero-order valence-corrected chi connectivity index (χ0v) is 19.3. The normalized spacial score (nSPS) is 13.1. The van der Waals surface area contributed by atoms with E-state index in [0.717, 1.165) is 19.3 Å². The van der Waals surface area contributed by atoms with Crippen LogP contribution in [-0.4, -0.2) is 24.4 Å². The van der Waals surface area contributed by atoms with E-state index >= 15 is 0 Å². The van der Waals surface area contributed by atoms with Crippen LogP contribution in [0.1, 0.15) is 124 Å². The number of carbonyl (C=O) groups is 2. The predicted molar refractivity (Wildman–Crippen MR) is 120 cm³/mol. The van der Waals surface area contributed by atoms with Gasteiger partial charge in [-0.25, -0.2) is 0 Å². The van der Waals surface area contributed by atoms with Crippen molar-refractivity contribution >= 4 is 11.8 Å². The Morgan fingerprint density at radius 2 is 1.14 bits per heavy atom. The summed E-state index contributed by atoms with van der Waals surface area (Å²) in [5, 5.41) is 5.69. The molecular weight excluding hydrogens is 348 g/mol. The number of hydrogen-bond acceptors (Lipinski definition) is 2. The van der Waals surface area contributed by atoms with Crippen LogP contribution in [0, 0.1) is 5.92 Å². The molecule has 0 radical (unpaired) electrons. The molecule has 0 aliphatic carbocycles. The standard InChI is InChI=1S/C24H48N2O2/c1-5-7-8-9-10-11-12-13-14-15-16-17-18-19-23(27)25-20-24(28)26-22(4)21(3)6-2/h21-22H,5-20H2,1-4H3,(H,25,27)(H,26,28). The third-order valence-corrected chi connectivity index (χ3v) is 5.84. The van der Waals surface area contributed by atoms with Crippen LogP contribution in [0.5, 0.6) is 0 Å². The molecule has 0 heterocycles. The minimum atomic E-state index is -0.0912. The molecule has 2 atom stereocenters. The van der Waals surface area contributed by atoms with Crippen molar-refractivity contribution in [2.24, 2.45) is 5.92 Å². The van der Waals surface area contributed by atoms with Gasteiger partial charge < -0.3 is 10.6 Å². The molecular formula is C24H48N2O2. The number of carbonyl (C=O) groups excluding carboxylic acids is 2. The molecule has 4 nitrogen and oxygen atoms in total. The van der Waals surface area contributed by atoms with Gasteiger partial charge in [-0.3, -0.25) is 9.59 Å². The Morgan fingerprint density at radius 3 is 1.61 bits per heavy atom. The van der Waals surface area contributed by atoms with E-state index in [9.17, 15) is 9.59 Å². The van der Waals surface area contributed by atoms with E-state index in [4.69, 9.17) is 0 Å². The fourth-order valence-electron chi connectivity index (χ4n) is 3.37. The second-order valence-corrected chi connectivity index (χ2v) is 8.51. The van der Waals surface area contributed by atoms with Gasteiger partial charge in [0, 0.05) is 12.5 Å². The van der Waals surface area contributed by atoms with Crippen LogP contribution in [0.2, 0.25) is 0 Å². The van der Waals surface area contributed by atoms with Gasteiger partial charge in [-0.15, -0.1) is 0 Å². The van der Waals surface area contributed by atoms with E-state index in [-0.39, 0.29) is 24.4 Å². The lowest BCUT2D eigenvalue weighted by Gasteiger charge is -2.19. The molecule has 0 bridgehead atoms. The Labute approximate surface area is 175 Å². The number of amides is 2. The molecule has 0 aromatic carbocycles. The topological polar surface area (TPSA) is 58.2 Å². The highest BCUT2D eigenvalue weighted by Crippen LogP contribution is 2.13. The molecule has 0 fully saturated rings. The summed E-state index contributed by atoms with van der Waals surface area (Å²) in [6, 6.07) is 0.149. The van der Waals surface area contributed by atoms with Gasteiger partial charge in [0.2, 0.25) is 11.8 Å². The molecule has 0 spiro atoms. The van der Waals surface area contributed by atoms with Crippen LogP contribution >= 0.6 is 0 Å². The Hall–Kier alpha value is -1.06. The number of rotatable bonds is 19. The maximum atomic E-state index is 11.8. The second kappa shape index (κ2) is 19.3. The van der Waals surface area contributed by atoms with Crippen LogP contribution in [0.4, 0.5) is 0 Å². The van der Waals surface area contributed by atoms with E-state index in [1.807, 2.05) is 6.92 Å². The molecule has 0 rings (SSSR count). The first-order chi connectivity index (χ1) is 13.5. The van der Waals surface area contributed by atoms with E-state index in [2.05, 4.69) is 31.4 Å². The SMILES string of the molecule is CCCCCCCCCCCCCCCC(=O)NCC(=O)NC(C)C(C)CC. The van der Waals surface area contributed by atoms with Crippen molar-refractivity contribution in [2.75, 3.05) is 6.54 Å². The van der Waals surface area contributed by atoms with E-state index in [0.29, 0.717) is 12.3 Å².